The third kappa shape index (κ3) is 4.18. The SMILES string of the molecule is COc1ccccc1N1CCN(c2nc(C3CC3)nc3ccc(Cc4ccccc4)cc23)CC1. The van der Waals surface area contributed by atoms with Crippen molar-refractivity contribution < 1.29 is 4.74 Å². The van der Waals surface area contributed by atoms with Crippen LogP contribution >= 0.6 is 0 Å². The van der Waals surface area contributed by atoms with E-state index in [2.05, 4.69) is 70.5 Å². The molecule has 0 N–H and O–H groups in total. The van der Waals surface area contributed by atoms with E-state index < -0.39 is 0 Å². The normalized spacial score (nSPS) is 16.1. The van der Waals surface area contributed by atoms with E-state index in [4.69, 9.17) is 14.7 Å². The monoisotopic (exact) mass is 450 g/mol. The van der Waals surface area contributed by atoms with Crippen molar-refractivity contribution in [1.82, 2.24) is 9.97 Å². The highest BCUT2D eigenvalue weighted by Gasteiger charge is 2.29. The number of para-hydroxylation sites is 2. The van der Waals surface area contributed by atoms with Crippen LogP contribution in [0.15, 0.2) is 72.8 Å². The molecule has 0 radical (unpaired) electrons. The molecule has 0 unspecified atom stereocenters. The van der Waals surface area contributed by atoms with Crippen molar-refractivity contribution in [2.24, 2.45) is 0 Å². The second-order valence-corrected chi connectivity index (χ2v) is 9.34. The van der Waals surface area contributed by atoms with Crippen molar-refractivity contribution in [2.45, 2.75) is 25.2 Å². The molecule has 0 bridgehead atoms. The largest absolute Gasteiger partial charge is 0.495 e. The maximum absolute atomic E-state index is 5.60. The van der Waals surface area contributed by atoms with Gasteiger partial charge in [0.05, 0.1) is 18.3 Å². The zero-order valence-electron chi connectivity index (χ0n) is 19.7. The Hall–Kier alpha value is -3.60. The summed E-state index contributed by atoms with van der Waals surface area (Å²) in [6, 6.07) is 25.7. The van der Waals surface area contributed by atoms with E-state index in [0.29, 0.717) is 5.92 Å². The van der Waals surface area contributed by atoms with Gasteiger partial charge in [-0.15, -0.1) is 0 Å². The average Bonchev–Trinajstić information content (AvgIpc) is 3.75. The molecule has 6 rings (SSSR count). The van der Waals surface area contributed by atoms with Gasteiger partial charge in [0, 0.05) is 37.5 Å². The molecule has 1 saturated heterocycles. The lowest BCUT2D eigenvalue weighted by Crippen LogP contribution is -2.47. The van der Waals surface area contributed by atoms with Crippen molar-refractivity contribution in [3.8, 4) is 5.75 Å². The van der Waals surface area contributed by atoms with Crippen molar-refractivity contribution in [1.29, 1.82) is 0 Å². The number of fused-ring (bicyclic) bond motifs is 1. The van der Waals surface area contributed by atoms with Gasteiger partial charge in [-0.1, -0.05) is 48.5 Å². The third-order valence-electron chi connectivity index (χ3n) is 6.96. The first-order valence-electron chi connectivity index (χ1n) is 12.3. The Morgan fingerprint density at radius 2 is 1.53 bits per heavy atom. The Balaban J connectivity index is 1.31. The zero-order valence-corrected chi connectivity index (χ0v) is 19.7. The number of aromatic nitrogens is 2. The molecule has 0 spiro atoms. The predicted octanol–water partition coefficient (Wildman–Crippen LogP) is 5.43. The molecule has 0 atom stereocenters. The molecule has 5 heteroatoms. The minimum Gasteiger partial charge on any atom is -0.495 e. The van der Waals surface area contributed by atoms with Gasteiger partial charge in [-0.2, -0.15) is 0 Å². The van der Waals surface area contributed by atoms with Crippen LogP contribution in [0.4, 0.5) is 11.5 Å². The number of hydrogen-bond acceptors (Lipinski definition) is 5. The first-order valence-corrected chi connectivity index (χ1v) is 12.3. The van der Waals surface area contributed by atoms with E-state index >= 15 is 0 Å². The second kappa shape index (κ2) is 8.98. The van der Waals surface area contributed by atoms with Gasteiger partial charge in [0.15, 0.2) is 0 Å². The highest BCUT2D eigenvalue weighted by molar-refractivity contribution is 5.90. The summed E-state index contributed by atoms with van der Waals surface area (Å²) in [4.78, 5) is 15.0. The molecular formula is C29H30N4O. The summed E-state index contributed by atoms with van der Waals surface area (Å²) in [6.45, 7) is 3.73. The lowest BCUT2D eigenvalue weighted by molar-refractivity contribution is 0.413. The van der Waals surface area contributed by atoms with Crippen LogP contribution in [-0.2, 0) is 6.42 Å². The highest BCUT2D eigenvalue weighted by Crippen LogP contribution is 2.40. The number of ether oxygens (including phenoxy) is 1. The first kappa shape index (κ1) is 21.0. The fraction of sp³-hybridized carbons (Fsp3) is 0.310. The molecule has 2 aliphatic rings. The molecule has 1 aliphatic heterocycles. The molecule has 172 valence electrons. The van der Waals surface area contributed by atoms with E-state index in [1.165, 1.54) is 35.0 Å². The predicted molar refractivity (Wildman–Crippen MR) is 138 cm³/mol. The van der Waals surface area contributed by atoms with Crippen LogP contribution in [0.25, 0.3) is 10.9 Å². The van der Waals surface area contributed by atoms with Gasteiger partial charge in [-0.3, -0.25) is 0 Å². The summed E-state index contributed by atoms with van der Waals surface area (Å²) >= 11 is 0. The van der Waals surface area contributed by atoms with Crippen LogP contribution in [0.5, 0.6) is 5.75 Å². The number of hydrogen-bond donors (Lipinski definition) is 0. The smallest absolute Gasteiger partial charge is 0.142 e. The molecular weight excluding hydrogens is 420 g/mol. The van der Waals surface area contributed by atoms with Gasteiger partial charge in [0.2, 0.25) is 0 Å². The van der Waals surface area contributed by atoms with Crippen LogP contribution in [0.1, 0.15) is 35.7 Å². The molecule has 1 aromatic heterocycles. The molecule has 3 aromatic carbocycles. The van der Waals surface area contributed by atoms with Gasteiger partial charge in [0.25, 0.3) is 0 Å². The Morgan fingerprint density at radius 3 is 2.29 bits per heavy atom. The summed E-state index contributed by atoms with van der Waals surface area (Å²) in [5.74, 6) is 3.58. The minimum absolute atomic E-state index is 0.530. The van der Waals surface area contributed by atoms with Crippen molar-refractivity contribution in [3.63, 3.8) is 0 Å². The summed E-state index contributed by atoms with van der Waals surface area (Å²) in [5.41, 5.74) is 4.86. The number of anilines is 2. The third-order valence-corrected chi connectivity index (χ3v) is 6.96. The lowest BCUT2D eigenvalue weighted by Gasteiger charge is -2.37. The fourth-order valence-electron chi connectivity index (χ4n) is 4.93. The Labute approximate surface area is 201 Å². The molecule has 0 amide bonds. The Bertz CT molecular complexity index is 1290. The average molecular weight is 451 g/mol. The fourth-order valence-corrected chi connectivity index (χ4v) is 4.93. The van der Waals surface area contributed by atoms with Crippen molar-refractivity contribution in [2.75, 3.05) is 43.1 Å². The second-order valence-electron chi connectivity index (χ2n) is 9.34. The molecule has 1 aliphatic carbocycles. The van der Waals surface area contributed by atoms with Gasteiger partial charge >= 0.3 is 0 Å². The van der Waals surface area contributed by atoms with E-state index in [1.54, 1.807) is 7.11 Å². The number of piperazine rings is 1. The summed E-state index contributed by atoms with van der Waals surface area (Å²) in [6.07, 6.45) is 3.33. The Morgan fingerprint density at radius 1 is 0.794 bits per heavy atom. The van der Waals surface area contributed by atoms with Crippen molar-refractivity contribution in [3.05, 3.63) is 89.7 Å². The van der Waals surface area contributed by atoms with Crippen LogP contribution in [-0.4, -0.2) is 43.3 Å². The maximum Gasteiger partial charge on any atom is 0.142 e. The molecule has 4 aromatic rings. The van der Waals surface area contributed by atoms with E-state index in [1.807, 2.05) is 12.1 Å². The van der Waals surface area contributed by atoms with Crippen molar-refractivity contribution >= 4 is 22.4 Å². The number of benzene rings is 3. The van der Waals surface area contributed by atoms with Gasteiger partial charge in [0.1, 0.15) is 17.4 Å². The first-order chi connectivity index (χ1) is 16.8. The molecule has 2 heterocycles. The molecule has 34 heavy (non-hydrogen) atoms. The lowest BCUT2D eigenvalue weighted by atomic mass is 10.0. The maximum atomic E-state index is 5.60. The van der Waals surface area contributed by atoms with E-state index in [0.717, 1.165) is 55.5 Å². The molecule has 5 nitrogen and oxygen atoms in total. The summed E-state index contributed by atoms with van der Waals surface area (Å²) in [7, 11) is 1.74. The van der Waals surface area contributed by atoms with Crippen LogP contribution in [0, 0.1) is 0 Å². The zero-order chi connectivity index (χ0) is 22.9. The standard InChI is InChI=1S/C29H30N4O/c1-34-27-10-6-5-9-26(27)32-15-17-33(18-16-32)29-24-20-22(19-21-7-3-2-4-8-21)11-14-25(24)30-28(31-29)23-12-13-23/h2-11,14,20,23H,12-13,15-19H2,1H3. The van der Waals surface area contributed by atoms with Gasteiger partial charge in [-0.05, 0) is 54.7 Å². The van der Waals surface area contributed by atoms with Crippen LogP contribution in [0.2, 0.25) is 0 Å². The number of rotatable bonds is 6. The topological polar surface area (TPSA) is 41.5 Å². The summed E-state index contributed by atoms with van der Waals surface area (Å²) in [5, 5.41) is 1.17. The minimum atomic E-state index is 0.530. The highest BCUT2D eigenvalue weighted by atomic mass is 16.5. The quantitative estimate of drug-likeness (QED) is 0.392. The molecule has 1 saturated carbocycles. The molecule has 2 fully saturated rings. The number of nitrogens with zero attached hydrogens (tertiary/aromatic N) is 4. The van der Waals surface area contributed by atoms with E-state index in [-0.39, 0.29) is 0 Å². The van der Waals surface area contributed by atoms with Gasteiger partial charge < -0.3 is 14.5 Å². The number of methoxy groups -OCH3 is 1. The van der Waals surface area contributed by atoms with E-state index in [9.17, 15) is 0 Å². The Kier molecular flexibility index (Phi) is 5.54. The van der Waals surface area contributed by atoms with Gasteiger partial charge in [-0.25, -0.2) is 9.97 Å². The van der Waals surface area contributed by atoms with Crippen LogP contribution in [0.3, 0.4) is 0 Å². The van der Waals surface area contributed by atoms with Crippen LogP contribution < -0.4 is 14.5 Å². The summed E-state index contributed by atoms with van der Waals surface area (Å²) < 4.78 is 5.60.